The first-order valence-electron chi connectivity index (χ1n) is 7.30. The summed E-state index contributed by atoms with van der Waals surface area (Å²) in [4.78, 5) is 16.6. The van der Waals surface area contributed by atoms with Crippen LogP contribution >= 0.6 is 11.6 Å². The number of benzene rings is 1. The van der Waals surface area contributed by atoms with Crippen molar-refractivity contribution in [2.24, 2.45) is 0 Å². The van der Waals surface area contributed by atoms with Crippen molar-refractivity contribution in [3.63, 3.8) is 0 Å². The summed E-state index contributed by atoms with van der Waals surface area (Å²) < 4.78 is 10.9. The second-order valence-corrected chi connectivity index (χ2v) is 5.37. The topological polar surface area (TPSA) is 60.5 Å². The number of rotatable bonds is 6. The summed E-state index contributed by atoms with van der Waals surface area (Å²) in [7, 11) is 1.51. The first kappa shape index (κ1) is 17.1. The average molecular weight is 335 g/mol. The monoisotopic (exact) mass is 334 g/mol. The van der Waals surface area contributed by atoms with Gasteiger partial charge in [-0.25, -0.2) is 4.98 Å². The van der Waals surface area contributed by atoms with Gasteiger partial charge in [0, 0.05) is 11.8 Å². The van der Waals surface area contributed by atoms with Crippen molar-refractivity contribution in [2.45, 2.75) is 20.3 Å². The third-order valence-corrected chi connectivity index (χ3v) is 3.46. The number of carbonyl (C=O) groups excluding carboxylic acids is 1. The molecular weight excluding hydrogens is 316 g/mol. The lowest BCUT2D eigenvalue weighted by atomic mass is 10.1. The van der Waals surface area contributed by atoms with Crippen LogP contribution in [-0.4, -0.2) is 24.6 Å². The predicted molar refractivity (Wildman–Crippen MR) is 90.7 cm³/mol. The van der Waals surface area contributed by atoms with Gasteiger partial charge < -0.3 is 14.8 Å². The third kappa shape index (κ3) is 4.13. The van der Waals surface area contributed by atoms with Crippen LogP contribution in [0.2, 0.25) is 5.02 Å². The Morgan fingerprint density at radius 1 is 1.39 bits per heavy atom. The molecule has 2 rings (SSSR count). The van der Waals surface area contributed by atoms with Crippen molar-refractivity contribution in [1.82, 2.24) is 4.98 Å². The van der Waals surface area contributed by atoms with Crippen LogP contribution in [0.5, 0.6) is 11.5 Å². The first-order chi connectivity index (χ1) is 11.1. The van der Waals surface area contributed by atoms with E-state index >= 15 is 0 Å². The van der Waals surface area contributed by atoms with E-state index in [1.807, 2.05) is 26.0 Å². The van der Waals surface area contributed by atoms with Crippen molar-refractivity contribution in [3.05, 3.63) is 46.6 Å². The molecule has 0 bridgehead atoms. The molecule has 0 saturated carbocycles. The molecule has 0 radical (unpaired) electrons. The van der Waals surface area contributed by atoms with E-state index in [-0.39, 0.29) is 5.91 Å². The molecule has 1 N–H and O–H groups in total. The zero-order valence-electron chi connectivity index (χ0n) is 13.4. The first-order valence-corrected chi connectivity index (χ1v) is 7.68. The van der Waals surface area contributed by atoms with Gasteiger partial charge in [0.15, 0.2) is 11.5 Å². The zero-order chi connectivity index (χ0) is 16.8. The number of aryl methyl sites for hydroxylation is 1. The van der Waals surface area contributed by atoms with Crippen molar-refractivity contribution in [3.8, 4) is 11.5 Å². The van der Waals surface area contributed by atoms with E-state index in [4.69, 9.17) is 21.1 Å². The van der Waals surface area contributed by atoms with Crippen LogP contribution < -0.4 is 14.8 Å². The fourth-order valence-electron chi connectivity index (χ4n) is 1.99. The predicted octanol–water partition coefficient (Wildman–Crippen LogP) is 4.09. The number of anilines is 1. The zero-order valence-corrected chi connectivity index (χ0v) is 14.1. The minimum Gasteiger partial charge on any atom is -0.493 e. The van der Waals surface area contributed by atoms with Gasteiger partial charge in [0.25, 0.3) is 5.91 Å². The second-order valence-electron chi connectivity index (χ2n) is 4.96. The van der Waals surface area contributed by atoms with Crippen molar-refractivity contribution >= 4 is 23.3 Å². The number of methoxy groups -OCH3 is 1. The number of amides is 1. The Labute approximate surface area is 140 Å². The molecule has 0 aliphatic carbocycles. The Morgan fingerprint density at radius 2 is 2.17 bits per heavy atom. The molecule has 0 spiro atoms. The van der Waals surface area contributed by atoms with E-state index in [1.54, 1.807) is 18.3 Å². The maximum atomic E-state index is 12.4. The Balaban J connectivity index is 2.27. The van der Waals surface area contributed by atoms with Crippen molar-refractivity contribution < 1.29 is 14.3 Å². The van der Waals surface area contributed by atoms with Crippen LogP contribution in [-0.2, 0) is 0 Å². The summed E-state index contributed by atoms with van der Waals surface area (Å²) in [5.41, 5.74) is 1.25. The van der Waals surface area contributed by atoms with Crippen LogP contribution in [0, 0.1) is 6.92 Å². The summed E-state index contributed by atoms with van der Waals surface area (Å²) in [5, 5.41) is 3.10. The van der Waals surface area contributed by atoms with Gasteiger partial charge in [-0.2, -0.15) is 0 Å². The molecule has 0 saturated heterocycles. The van der Waals surface area contributed by atoms with Gasteiger partial charge >= 0.3 is 0 Å². The van der Waals surface area contributed by atoms with Gasteiger partial charge in [0.1, 0.15) is 5.82 Å². The van der Waals surface area contributed by atoms with Crippen LogP contribution in [0.25, 0.3) is 0 Å². The molecule has 6 heteroatoms. The summed E-state index contributed by atoms with van der Waals surface area (Å²) in [6, 6.07) is 6.84. The van der Waals surface area contributed by atoms with Gasteiger partial charge in [0.05, 0.1) is 18.7 Å². The van der Waals surface area contributed by atoms with E-state index < -0.39 is 0 Å². The largest absolute Gasteiger partial charge is 0.493 e. The molecule has 1 aromatic heterocycles. The van der Waals surface area contributed by atoms with E-state index in [9.17, 15) is 4.79 Å². The molecule has 2 aromatic rings. The van der Waals surface area contributed by atoms with Gasteiger partial charge in [-0.3, -0.25) is 4.79 Å². The quantitative estimate of drug-likeness (QED) is 0.864. The molecule has 0 unspecified atom stereocenters. The maximum Gasteiger partial charge on any atom is 0.257 e. The highest BCUT2D eigenvalue weighted by Gasteiger charge is 2.16. The maximum absolute atomic E-state index is 12.4. The van der Waals surface area contributed by atoms with E-state index in [1.165, 1.54) is 7.11 Å². The van der Waals surface area contributed by atoms with Gasteiger partial charge in [-0.1, -0.05) is 24.6 Å². The molecule has 0 fully saturated rings. The Morgan fingerprint density at radius 3 is 2.83 bits per heavy atom. The van der Waals surface area contributed by atoms with Gasteiger partial charge in [-0.15, -0.1) is 0 Å². The van der Waals surface area contributed by atoms with Crippen LogP contribution in [0.1, 0.15) is 29.3 Å². The van der Waals surface area contributed by atoms with Crippen molar-refractivity contribution in [1.29, 1.82) is 0 Å². The highest BCUT2D eigenvalue weighted by atomic mass is 35.5. The number of pyridine rings is 1. The van der Waals surface area contributed by atoms with E-state index in [0.717, 1.165) is 12.0 Å². The number of ether oxygens (including phenoxy) is 2. The molecule has 1 heterocycles. The third-order valence-electron chi connectivity index (χ3n) is 3.18. The van der Waals surface area contributed by atoms with E-state index in [2.05, 4.69) is 10.3 Å². The number of aromatic nitrogens is 1. The average Bonchev–Trinajstić information content (AvgIpc) is 2.55. The minimum atomic E-state index is -0.311. The fourth-order valence-corrected chi connectivity index (χ4v) is 2.26. The SMILES string of the molecule is CCCOc1c(Cl)cc(C(=O)Nc2ncccc2C)cc1OC. The number of hydrogen-bond donors (Lipinski definition) is 1. The van der Waals surface area contributed by atoms with Crippen LogP contribution in [0.3, 0.4) is 0 Å². The highest BCUT2D eigenvalue weighted by molar-refractivity contribution is 6.32. The Kier molecular flexibility index (Phi) is 5.82. The number of nitrogens with one attached hydrogen (secondary N) is 1. The number of carbonyl (C=O) groups is 1. The fraction of sp³-hybridized carbons (Fsp3) is 0.294. The van der Waals surface area contributed by atoms with Crippen LogP contribution in [0.4, 0.5) is 5.82 Å². The lowest BCUT2D eigenvalue weighted by molar-refractivity contribution is 0.102. The molecule has 1 aromatic carbocycles. The second kappa shape index (κ2) is 7.83. The summed E-state index contributed by atoms with van der Waals surface area (Å²) in [5.74, 6) is 1.07. The lowest BCUT2D eigenvalue weighted by Crippen LogP contribution is -2.14. The summed E-state index contributed by atoms with van der Waals surface area (Å²) in [6.07, 6.45) is 2.47. The molecule has 0 aliphatic rings. The Hall–Kier alpha value is -2.27. The summed E-state index contributed by atoms with van der Waals surface area (Å²) >= 11 is 6.23. The molecule has 122 valence electrons. The number of hydrogen-bond acceptors (Lipinski definition) is 4. The van der Waals surface area contributed by atoms with Crippen molar-refractivity contribution in [2.75, 3.05) is 19.0 Å². The highest BCUT2D eigenvalue weighted by Crippen LogP contribution is 2.36. The summed E-state index contributed by atoms with van der Waals surface area (Å²) in [6.45, 7) is 4.39. The molecule has 0 aliphatic heterocycles. The molecule has 0 atom stereocenters. The van der Waals surface area contributed by atoms with Gasteiger partial charge in [0.2, 0.25) is 0 Å². The molecular formula is C17H19ClN2O3. The van der Waals surface area contributed by atoms with E-state index in [0.29, 0.717) is 34.5 Å². The minimum absolute atomic E-state index is 0.311. The smallest absolute Gasteiger partial charge is 0.257 e. The van der Waals surface area contributed by atoms with Gasteiger partial charge in [-0.05, 0) is 37.1 Å². The number of nitrogens with zero attached hydrogens (tertiary/aromatic N) is 1. The molecule has 23 heavy (non-hydrogen) atoms. The lowest BCUT2D eigenvalue weighted by Gasteiger charge is -2.14. The number of halogens is 1. The normalized spacial score (nSPS) is 10.3. The van der Waals surface area contributed by atoms with Crippen LogP contribution in [0.15, 0.2) is 30.5 Å². The standard InChI is InChI=1S/C17H19ClN2O3/c1-4-8-23-15-13(18)9-12(10-14(15)22-3)17(21)20-16-11(2)6-5-7-19-16/h5-7,9-10H,4,8H2,1-3H3,(H,19,20,21). The molecule has 1 amide bonds. The molecule has 5 nitrogen and oxygen atoms in total. The Bertz CT molecular complexity index is 704.